The number of amides is 1. The van der Waals surface area contributed by atoms with E-state index in [4.69, 9.17) is 10.5 Å². The number of rotatable bonds is 7. The monoisotopic (exact) mass is 264 g/mol. The summed E-state index contributed by atoms with van der Waals surface area (Å²) in [7, 11) is 0. The molecule has 4 nitrogen and oxygen atoms in total. The molecule has 1 rings (SSSR count). The van der Waals surface area contributed by atoms with Gasteiger partial charge in [0.2, 0.25) is 5.91 Å². The zero-order valence-electron chi connectivity index (χ0n) is 12.0. The topological polar surface area (TPSA) is 64.3 Å². The minimum atomic E-state index is -0.496. The Kier molecular flexibility index (Phi) is 6.36. The first-order valence-electron chi connectivity index (χ1n) is 6.88. The maximum atomic E-state index is 12.0. The van der Waals surface area contributed by atoms with E-state index in [0.717, 1.165) is 12.8 Å². The summed E-state index contributed by atoms with van der Waals surface area (Å²) in [6.45, 7) is 6.67. The smallest absolute Gasteiger partial charge is 0.241 e. The fourth-order valence-corrected chi connectivity index (χ4v) is 1.64. The van der Waals surface area contributed by atoms with E-state index in [1.54, 1.807) is 0 Å². The predicted octanol–water partition coefficient (Wildman–Crippen LogP) is 2.79. The van der Waals surface area contributed by atoms with Gasteiger partial charge in [-0.05, 0) is 24.5 Å². The molecule has 4 heteroatoms. The third kappa shape index (κ3) is 4.56. The van der Waals surface area contributed by atoms with E-state index < -0.39 is 6.04 Å². The highest BCUT2D eigenvalue weighted by Gasteiger charge is 2.20. The van der Waals surface area contributed by atoms with Gasteiger partial charge in [0, 0.05) is 0 Å². The van der Waals surface area contributed by atoms with Crippen LogP contribution < -0.4 is 15.8 Å². The lowest BCUT2D eigenvalue weighted by Crippen LogP contribution is -2.40. The number of benzene rings is 1. The second-order valence-corrected chi connectivity index (χ2v) is 4.75. The average Bonchev–Trinajstić information content (AvgIpc) is 2.44. The Morgan fingerprint density at radius 1 is 1.37 bits per heavy atom. The summed E-state index contributed by atoms with van der Waals surface area (Å²) in [5, 5.41) is 2.85. The van der Waals surface area contributed by atoms with E-state index >= 15 is 0 Å². The molecule has 0 radical (unpaired) electrons. The van der Waals surface area contributed by atoms with Gasteiger partial charge in [0.05, 0.1) is 18.3 Å². The van der Waals surface area contributed by atoms with Gasteiger partial charge in [-0.1, -0.05) is 39.3 Å². The summed E-state index contributed by atoms with van der Waals surface area (Å²) in [4.78, 5) is 12.0. The largest absolute Gasteiger partial charge is 0.491 e. The summed E-state index contributed by atoms with van der Waals surface area (Å²) >= 11 is 0. The number of nitrogens with two attached hydrogens (primary N) is 1. The molecule has 0 heterocycles. The van der Waals surface area contributed by atoms with Crippen LogP contribution in [0.25, 0.3) is 0 Å². The number of ether oxygens (including phenoxy) is 1. The minimum Gasteiger partial charge on any atom is -0.491 e. The van der Waals surface area contributed by atoms with Gasteiger partial charge < -0.3 is 15.8 Å². The van der Waals surface area contributed by atoms with Crippen molar-refractivity contribution in [2.75, 3.05) is 11.9 Å². The number of anilines is 1. The van der Waals surface area contributed by atoms with Gasteiger partial charge in [-0.15, -0.1) is 0 Å². The van der Waals surface area contributed by atoms with Gasteiger partial charge in [-0.25, -0.2) is 0 Å². The van der Waals surface area contributed by atoms with Crippen LogP contribution in [-0.2, 0) is 4.79 Å². The van der Waals surface area contributed by atoms with Crippen molar-refractivity contribution in [3.63, 3.8) is 0 Å². The molecular formula is C15H24N2O2. The quantitative estimate of drug-likeness (QED) is 0.796. The highest BCUT2D eigenvalue weighted by molar-refractivity contribution is 5.96. The first-order chi connectivity index (χ1) is 9.10. The zero-order chi connectivity index (χ0) is 14.3. The Morgan fingerprint density at radius 2 is 2.05 bits per heavy atom. The molecule has 0 fully saturated rings. The molecule has 0 aliphatic heterocycles. The predicted molar refractivity (Wildman–Crippen MR) is 78.3 cm³/mol. The molecule has 0 aromatic heterocycles. The van der Waals surface area contributed by atoms with Crippen LogP contribution in [0.5, 0.6) is 5.75 Å². The van der Waals surface area contributed by atoms with Gasteiger partial charge in [-0.2, -0.15) is 0 Å². The van der Waals surface area contributed by atoms with Crippen LogP contribution in [0, 0.1) is 5.92 Å². The van der Waals surface area contributed by atoms with Crippen molar-refractivity contribution in [1.29, 1.82) is 0 Å². The van der Waals surface area contributed by atoms with Crippen molar-refractivity contribution < 1.29 is 9.53 Å². The normalized spacial score (nSPS) is 13.7. The second kappa shape index (κ2) is 7.79. The van der Waals surface area contributed by atoms with Gasteiger partial charge in [0.15, 0.2) is 0 Å². The molecule has 0 unspecified atom stereocenters. The lowest BCUT2D eigenvalue weighted by Gasteiger charge is -2.19. The molecule has 1 aromatic carbocycles. The Bertz CT molecular complexity index is 407. The Hall–Kier alpha value is -1.55. The molecule has 0 spiro atoms. The van der Waals surface area contributed by atoms with Crippen molar-refractivity contribution in [3.8, 4) is 5.75 Å². The number of nitrogens with one attached hydrogen (secondary N) is 1. The first kappa shape index (κ1) is 15.5. The van der Waals surface area contributed by atoms with E-state index in [1.807, 2.05) is 45.0 Å². The zero-order valence-corrected chi connectivity index (χ0v) is 12.0. The fourth-order valence-electron chi connectivity index (χ4n) is 1.64. The van der Waals surface area contributed by atoms with Crippen LogP contribution in [0.4, 0.5) is 5.69 Å². The van der Waals surface area contributed by atoms with Crippen molar-refractivity contribution in [2.24, 2.45) is 11.7 Å². The van der Waals surface area contributed by atoms with E-state index in [1.165, 1.54) is 0 Å². The van der Waals surface area contributed by atoms with Crippen molar-refractivity contribution in [3.05, 3.63) is 24.3 Å². The molecule has 2 atom stereocenters. The van der Waals surface area contributed by atoms with Crippen molar-refractivity contribution >= 4 is 11.6 Å². The highest BCUT2D eigenvalue weighted by Crippen LogP contribution is 2.24. The standard InChI is InChI=1S/C15H24N2O2/c1-4-10-19-13-9-7-6-8-12(13)17-15(18)14(16)11(3)5-2/h6-9,11,14H,4-5,10,16H2,1-3H3,(H,17,18)/t11-,14-/m0/s1. The average molecular weight is 264 g/mol. The van der Waals surface area contributed by atoms with Crippen LogP contribution in [-0.4, -0.2) is 18.6 Å². The van der Waals surface area contributed by atoms with Gasteiger partial charge >= 0.3 is 0 Å². The summed E-state index contributed by atoms with van der Waals surface area (Å²) < 4.78 is 5.60. The van der Waals surface area contributed by atoms with Crippen LogP contribution >= 0.6 is 0 Å². The van der Waals surface area contributed by atoms with E-state index in [-0.39, 0.29) is 11.8 Å². The molecular weight excluding hydrogens is 240 g/mol. The lowest BCUT2D eigenvalue weighted by atomic mass is 9.99. The van der Waals surface area contributed by atoms with E-state index in [0.29, 0.717) is 18.0 Å². The molecule has 3 N–H and O–H groups in total. The van der Waals surface area contributed by atoms with Gasteiger partial charge in [0.25, 0.3) is 0 Å². The number of carbonyl (C=O) groups excluding carboxylic acids is 1. The Morgan fingerprint density at radius 3 is 2.68 bits per heavy atom. The van der Waals surface area contributed by atoms with Crippen LogP contribution in [0.2, 0.25) is 0 Å². The molecule has 19 heavy (non-hydrogen) atoms. The van der Waals surface area contributed by atoms with Crippen LogP contribution in [0.1, 0.15) is 33.6 Å². The molecule has 1 aromatic rings. The lowest BCUT2D eigenvalue weighted by molar-refractivity contribution is -0.118. The van der Waals surface area contributed by atoms with Crippen LogP contribution in [0.15, 0.2) is 24.3 Å². The molecule has 0 aliphatic rings. The summed E-state index contributed by atoms with van der Waals surface area (Å²) in [6.07, 6.45) is 1.80. The Labute approximate surface area is 115 Å². The summed E-state index contributed by atoms with van der Waals surface area (Å²) in [5.41, 5.74) is 6.60. The number of carbonyl (C=O) groups is 1. The molecule has 0 aliphatic carbocycles. The minimum absolute atomic E-state index is 0.156. The first-order valence-corrected chi connectivity index (χ1v) is 6.88. The number of hydrogen-bond donors (Lipinski definition) is 2. The highest BCUT2D eigenvalue weighted by atomic mass is 16.5. The molecule has 0 bridgehead atoms. The van der Waals surface area contributed by atoms with E-state index in [9.17, 15) is 4.79 Å². The van der Waals surface area contributed by atoms with Gasteiger partial charge in [-0.3, -0.25) is 4.79 Å². The molecule has 106 valence electrons. The summed E-state index contributed by atoms with van der Waals surface area (Å²) in [6, 6.07) is 6.93. The molecule has 0 saturated carbocycles. The SMILES string of the molecule is CCCOc1ccccc1NC(=O)[C@@H](N)[C@@H](C)CC. The number of para-hydroxylation sites is 2. The van der Waals surface area contributed by atoms with Crippen molar-refractivity contribution in [1.82, 2.24) is 0 Å². The third-order valence-electron chi connectivity index (χ3n) is 3.17. The Balaban J connectivity index is 2.73. The summed E-state index contributed by atoms with van der Waals surface area (Å²) in [5.74, 6) is 0.680. The van der Waals surface area contributed by atoms with Crippen LogP contribution in [0.3, 0.4) is 0 Å². The third-order valence-corrected chi connectivity index (χ3v) is 3.17. The molecule has 0 saturated heterocycles. The maximum absolute atomic E-state index is 12.0. The van der Waals surface area contributed by atoms with Gasteiger partial charge in [0.1, 0.15) is 5.75 Å². The second-order valence-electron chi connectivity index (χ2n) is 4.75. The number of hydrogen-bond acceptors (Lipinski definition) is 3. The maximum Gasteiger partial charge on any atom is 0.241 e. The molecule has 1 amide bonds. The van der Waals surface area contributed by atoms with Crippen molar-refractivity contribution in [2.45, 2.75) is 39.7 Å². The van der Waals surface area contributed by atoms with E-state index in [2.05, 4.69) is 5.32 Å². The fraction of sp³-hybridized carbons (Fsp3) is 0.533.